The van der Waals surface area contributed by atoms with Crippen LogP contribution in [0.2, 0.25) is 0 Å². The molecule has 3 nitrogen and oxygen atoms in total. The number of nitriles is 1. The molecule has 0 bridgehead atoms. The van der Waals surface area contributed by atoms with Crippen molar-refractivity contribution >= 4 is 0 Å². The number of nitrogens with zero attached hydrogens (tertiary/aromatic N) is 2. The smallest absolute Gasteiger partial charge is 0.144 e. The van der Waals surface area contributed by atoms with Gasteiger partial charge in [0.05, 0.1) is 17.9 Å². The number of halogens is 2. The molecule has 0 radical (unpaired) electrons. The zero-order valence-electron chi connectivity index (χ0n) is 19.1. The van der Waals surface area contributed by atoms with E-state index in [0.717, 1.165) is 49.7 Å². The number of hydrogen-bond acceptors (Lipinski definition) is 3. The molecule has 32 heavy (non-hydrogen) atoms. The van der Waals surface area contributed by atoms with Crippen LogP contribution < -0.4 is 0 Å². The molecule has 0 amide bonds. The predicted octanol–water partition coefficient (Wildman–Crippen LogP) is 6.08. The molecule has 3 aliphatic carbocycles. The molecule has 0 saturated heterocycles. The minimum absolute atomic E-state index is 0.0322. The molecule has 0 spiro atoms. The Bertz CT molecular complexity index is 1010. The van der Waals surface area contributed by atoms with Crippen molar-refractivity contribution in [1.29, 1.82) is 5.26 Å². The van der Waals surface area contributed by atoms with Crippen LogP contribution in [-0.4, -0.2) is 16.2 Å². The Kier molecular flexibility index (Phi) is 6.36. The van der Waals surface area contributed by atoms with Crippen LogP contribution in [0.4, 0.5) is 8.78 Å². The van der Waals surface area contributed by atoms with Crippen LogP contribution in [0.15, 0.2) is 30.6 Å². The van der Waals surface area contributed by atoms with Gasteiger partial charge in [0.1, 0.15) is 17.7 Å². The summed E-state index contributed by atoms with van der Waals surface area (Å²) in [5.41, 5.74) is 2.79. The first-order valence-corrected chi connectivity index (χ1v) is 11.8. The summed E-state index contributed by atoms with van der Waals surface area (Å²) in [5, 5.41) is 19.7. The molecule has 0 aliphatic heterocycles. The van der Waals surface area contributed by atoms with Gasteiger partial charge in [0.2, 0.25) is 0 Å². The molecule has 6 atom stereocenters. The van der Waals surface area contributed by atoms with Crippen LogP contribution in [0.5, 0.6) is 0 Å². The Morgan fingerprint density at radius 3 is 2.62 bits per heavy atom. The maximum Gasteiger partial charge on any atom is 0.144 e. The molecule has 1 aromatic carbocycles. The van der Waals surface area contributed by atoms with Gasteiger partial charge >= 0.3 is 0 Å². The van der Waals surface area contributed by atoms with Crippen LogP contribution in [0.25, 0.3) is 0 Å². The second-order valence-electron chi connectivity index (χ2n) is 10.0. The Hall–Kier alpha value is -2.32. The minimum atomic E-state index is -0.289. The van der Waals surface area contributed by atoms with E-state index in [1.54, 1.807) is 25.3 Å². The standard InChI is InChI=1S/C21H26FNO.C6H6FN/c1-3-12-10-21(2)17(8-9-18(21)24)16-7-6-15-14(19(12)16)5-4-13(11-23)20(15)22;1-5-2-3-8-4-6(5)7/h4-5,12,16-19,24H,3,6-10H2,1-2H3;2-4H,1H3/t12-,16?,17?,18-,19?,21-;/m0./s1. The molecule has 1 aromatic heterocycles. The Balaban J connectivity index is 0.000000260. The van der Waals surface area contributed by atoms with Gasteiger partial charge in [0, 0.05) is 6.20 Å². The zero-order chi connectivity index (χ0) is 23.0. The molecule has 5 heteroatoms. The van der Waals surface area contributed by atoms with E-state index in [-0.39, 0.29) is 28.7 Å². The number of aryl methyl sites for hydroxylation is 1. The molecular weight excluding hydrogens is 406 g/mol. The number of rotatable bonds is 1. The number of fused-ring (bicyclic) bond motifs is 5. The first kappa shape index (κ1) is 22.9. The van der Waals surface area contributed by atoms with Gasteiger partial charge in [-0.2, -0.15) is 5.26 Å². The third kappa shape index (κ3) is 3.73. The SMILES string of the molecule is CC[C@H]1C[C@@]2(C)C(CC[C@@H]2O)C2CCc3c(ccc(C#N)c3F)C21.Cc1ccncc1F. The third-order valence-corrected chi connectivity index (χ3v) is 8.53. The Morgan fingerprint density at radius 2 is 2.00 bits per heavy atom. The van der Waals surface area contributed by atoms with Gasteiger partial charge in [-0.1, -0.05) is 26.3 Å². The zero-order valence-corrected chi connectivity index (χ0v) is 19.1. The second kappa shape index (κ2) is 8.90. The van der Waals surface area contributed by atoms with E-state index in [1.165, 1.54) is 6.20 Å². The van der Waals surface area contributed by atoms with Crippen molar-refractivity contribution in [1.82, 2.24) is 4.98 Å². The van der Waals surface area contributed by atoms with E-state index in [9.17, 15) is 13.9 Å². The van der Waals surface area contributed by atoms with Crippen molar-refractivity contribution in [3.8, 4) is 6.07 Å². The van der Waals surface area contributed by atoms with Crippen molar-refractivity contribution in [2.45, 2.75) is 71.3 Å². The predicted molar refractivity (Wildman–Crippen MR) is 120 cm³/mol. The van der Waals surface area contributed by atoms with Gasteiger partial charge in [0.25, 0.3) is 0 Å². The van der Waals surface area contributed by atoms with E-state index < -0.39 is 0 Å². The maximum absolute atomic E-state index is 14.7. The van der Waals surface area contributed by atoms with E-state index in [1.807, 2.05) is 12.1 Å². The van der Waals surface area contributed by atoms with Crippen molar-refractivity contribution in [2.24, 2.45) is 23.2 Å². The molecule has 1 heterocycles. The molecule has 2 fully saturated rings. The van der Waals surface area contributed by atoms with Gasteiger partial charge < -0.3 is 5.11 Å². The van der Waals surface area contributed by atoms with Gasteiger partial charge in [-0.25, -0.2) is 8.78 Å². The van der Waals surface area contributed by atoms with E-state index in [0.29, 0.717) is 29.2 Å². The molecule has 170 valence electrons. The highest BCUT2D eigenvalue weighted by atomic mass is 19.1. The lowest BCUT2D eigenvalue weighted by molar-refractivity contribution is -0.0489. The average Bonchev–Trinajstić information content (AvgIpc) is 3.10. The number of benzene rings is 1. The fourth-order valence-corrected chi connectivity index (χ4v) is 6.83. The summed E-state index contributed by atoms with van der Waals surface area (Å²) in [7, 11) is 0. The van der Waals surface area contributed by atoms with Crippen molar-refractivity contribution in [2.75, 3.05) is 0 Å². The summed E-state index contributed by atoms with van der Waals surface area (Å²) in [4.78, 5) is 3.57. The van der Waals surface area contributed by atoms with Crippen LogP contribution in [0, 0.1) is 53.1 Å². The lowest BCUT2D eigenvalue weighted by atomic mass is 9.51. The number of pyridine rings is 1. The summed E-state index contributed by atoms with van der Waals surface area (Å²) in [6, 6.07) is 7.30. The minimum Gasteiger partial charge on any atom is -0.393 e. The highest BCUT2D eigenvalue weighted by molar-refractivity contribution is 5.44. The quantitative estimate of drug-likeness (QED) is 0.587. The molecular formula is C27H32F2N2O. The van der Waals surface area contributed by atoms with Crippen LogP contribution >= 0.6 is 0 Å². The Morgan fingerprint density at radius 1 is 1.22 bits per heavy atom. The van der Waals surface area contributed by atoms with Gasteiger partial charge in [0.15, 0.2) is 0 Å². The van der Waals surface area contributed by atoms with Crippen molar-refractivity contribution in [3.63, 3.8) is 0 Å². The largest absolute Gasteiger partial charge is 0.393 e. The molecule has 2 aromatic rings. The normalized spacial score (nSPS) is 32.6. The number of aliphatic hydroxyl groups excluding tert-OH is 1. The Labute approximate surface area is 189 Å². The number of aliphatic hydroxyl groups is 1. The van der Waals surface area contributed by atoms with Gasteiger partial charge in [-0.15, -0.1) is 0 Å². The molecule has 1 N–H and O–H groups in total. The molecule has 3 aliphatic rings. The molecule has 5 rings (SSSR count). The fraction of sp³-hybridized carbons (Fsp3) is 0.556. The third-order valence-electron chi connectivity index (χ3n) is 8.53. The van der Waals surface area contributed by atoms with Crippen molar-refractivity contribution in [3.05, 3.63) is 64.5 Å². The second-order valence-corrected chi connectivity index (χ2v) is 10.0. The first-order chi connectivity index (χ1) is 15.3. The summed E-state index contributed by atoms with van der Waals surface area (Å²) in [6.45, 7) is 6.21. The van der Waals surface area contributed by atoms with E-state index in [2.05, 4.69) is 18.8 Å². The first-order valence-electron chi connectivity index (χ1n) is 11.8. The summed E-state index contributed by atoms with van der Waals surface area (Å²) < 4.78 is 26.9. The fourth-order valence-electron chi connectivity index (χ4n) is 6.83. The highest BCUT2D eigenvalue weighted by Crippen LogP contribution is 2.63. The maximum atomic E-state index is 14.7. The lowest BCUT2D eigenvalue weighted by Gasteiger charge is -2.53. The molecule has 2 saturated carbocycles. The lowest BCUT2D eigenvalue weighted by Crippen LogP contribution is -2.47. The van der Waals surface area contributed by atoms with E-state index in [4.69, 9.17) is 5.26 Å². The van der Waals surface area contributed by atoms with Crippen LogP contribution in [0.1, 0.15) is 74.1 Å². The highest BCUT2D eigenvalue weighted by Gasteiger charge is 2.57. The summed E-state index contributed by atoms with van der Waals surface area (Å²) in [5.74, 6) is 1.45. The van der Waals surface area contributed by atoms with Crippen LogP contribution in [0.3, 0.4) is 0 Å². The monoisotopic (exact) mass is 438 g/mol. The van der Waals surface area contributed by atoms with Gasteiger partial charge in [-0.05, 0) is 96.9 Å². The number of hydrogen-bond donors (Lipinski definition) is 1. The van der Waals surface area contributed by atoms with E-state index >= 15 is 0 Å². The average molecular weight is 439 g/mol. The topological polar surface area (TPSA) is 56.9 Å². The van der Waals surface area contributed by atoms with Crippen molar-refractivity contribution < 1.29 is 13.9 Å². The summed E-state index contributed by atoms with van der Waals surface area (Å²) in [6.07, 6.45) is 8.43. The van der Waals surface area contributed by atoms with Crippen LogP contribution in [-0.2, 0) is 6.42 Å². The summed E-state index contributed by atoms with van der Waals surface area (Å²) >= 11 is 0. The number of aromatic nitrogens is 1. The van der Waals surface area contributed by atoms with Gasteiger partial charge in [-0.3, -0.25) is 4.98 Å². The molecule has 3 unspecified atom stereocenters.